The van der Waals surface area contributed by atoms with Gasteiger partial charge in [0, 0.05) is 46.3 Å². The molecule has 2 heterocycles. The molecule has 0 aliphatic carbocycles. The molecule has 1 aliphatic rings. The van der Waals surface area contributed by atoms with Crippen LogP contribution in [0.15, 0.2) is 18.2 Å². The lowest BCUT2D eigenvalue weighted by Gasteiger charge is -2.27. The van der Waals surface area contributed by atoms with E-state index in [-0.39, 0.29) is 18.1 Å². The molecule has 3 rings (SSSR count). The minimum absolute atomic E-state index is 0.0232. The molecule has 9 nitrogen and oxygen atoms in total. The molecule has 2 N–H and O–H groups in total. The molecule has 0 saturated carbocycles. The van der Waals surface area contributed by atoms with Gasteiger partial charge in [-0.3, -0.25) is 9.69 Å². The van der Waals surface area contributed by atoms with Crippen molar-refractivity contribution in [2.75, 3.05) is 53.1 Å². The summed E-state index contributed by atoms with van der Waals surface area (Å²) in [6.07, 6.45) is 0.551. The number of fused-ring (bicyclic) bond motifs is 1. The normalized spacial score (nSPS) is 15.0. The van der Waals surface area contributed by atoms with Crippen molar-refractivity contribution in [3.8, 4) is 0 Å². The maximum atomic E-state index is 11.6. The third kappa shape index (κ3) is 5.06. The lowest BCUT2D eigenvalue weighted by atomic mass is 10.2. The van der Waals surface area contributed by atoms with Crippen LogP contribution in [0.4, 0.5) is 0 Å². The first kappa shape index (κ1) is 20.2. The highest BCUT2D eigenvalue weighted by molar-refractivity contribution is 5.92. The van der Waals surface area contributed by atoms with Crippen molar-refractivity contribution in [2.24, 2.45) is 0 Å². The predicted molar refractivity (Wildman–Crippen MR) is 103 cm³/mol. The van der Waals surface area contributed by atoms with Gasteiger partial charge in [0.05, 0.1) is 29.8 Å². The summed E-state index contributed by atoms with van der Waals surface area (Å²) in [7, 11) is 1.48. The van der Waals surface area contributed by atoms with Gasteiger partial charge in [-0.05, 0) is 18.2 Å². The number of carbonyl (C=O) groups is 2. The Kier molecular flexibility index (Phi) is 6.96. The Morgan fingerprint density at radius 3 is 2.79 bits per heavy atom. The molecule has 2 aromatic rings. The number of carboxylic acids is 1. The number of ether oxygens (including phenoxy) is 2. The highest BCUT2D eigenvalue weighted by atomic mass is 16.5. The van der Waals surface area contributed by atoms with Gasteiger partial charge in [-0.1, -0.05) is 0 Å². The molecule has 0 radical (unpaired) electrons. The maximum absolute atomic E-state index is 11.6. The third-order valence-corrected chi connectivity index (χ3v) is 4.76. The average molecular weight is 390 g/mol. The van der Waals surface area contributed by atoms with E-state index in [1.807, 2.05) is 0 Å². The Hall–Kier alpha value is -2.49. The number of hydrogen-bond donors (Lipinski definition) is 2. The summed E-state index contributed by atoms with van der Waals surface area (Å²) >= 11 is 0. The topological polar surface area (TPSA) is 106 Å². The van der Waals surface area contributed by atoms with Crippen molar-refractivity contribution in [2.45, 2.75) is 13.0 Å². The number of benzene rings is 1. The van der Waals surface area contributed by atoms with E-state index in [0.717, 1.165) is 50.7 Å². The number of imidazole rings is 1. The number of aromatic nitrogens is 2. The van der Waals surface area contributed by atoms with Crippen LogP contribution in [0, 0.1) is 0 Å². The SMILES string of the molecule is COCC(=O)NCCc1nc2cc(C(=O)O)ccc2n1CCN1CCOCC1. The first-order valence-electron chi connectivity index (χ1n) is 9.36. The van der Waals surface area contributed by atoms with E-state index in [2.05, 4.69) is 19.8 Å². The summed E-state index contributed by atoms with van der Waals surface area (Å²) in [5.41, 5.74) is 1.77. The van der Waals surface area contributed by atoms with E-state index in [1.165, 1.54) is 7.11 Å². The third-order valence-electron chi connectivity index (χ3n) is 4.76. The fraction of sp³-hybridized carbons (Fsp3) is 0.526. The molecule has 1 fully saturated rings. The Morgan fingerprint density at radius 2 is 2.07 bits per heavy atom. The summed E-state index contributed by atoms with van der Waals surface area (Å²) in [6, 6.07) is 5.00. The quantitative estimate of drug-likeness (QED) is 0.637. The van der Waals surface area contributed by atoms with Crippen LogP contribution in [0.3, 0.4) is 0 Å². The van der Waals surface area contributed by atoms with Gasteiger partial charge in [-0.15, -0.1) is 0 Å². The first-order chi connectivity index (χ1) is 13.6. The van der Waals surface area contributed by atoms with Crippen molar-refractivity contribution in [3.05, 3.63) is 29.6 Å². The Bertz CT molecular complexity index is 829. The van der Waals surface area contributed by atoms with Gasteiger partial charge in [0.1, 0.15) is 12.4 Å². The minimum Gasteiger partial charge on any atom is -0.478 e. The number of hydrogen-bond acceptors (Lipinski definition) is 6. The number of morpholine rings is 1. The largest absolute Gasteiger partial charge is 0.478 e. The van der Waals surface area contributed by atoms with Crippen molar-refractivity contribution < 1.29 is 24.2 Å². The molecule has 1 amide bonds. The number of carboxylic acid groups (broad SMARTS) is 1. The van der Waals surface area contributed by atoms with Gasteiger partial charge in [-0.25, -0.2) is 9.78 Å². The summed E-state index contributed by atoms with van der Waals surface area (Å²) < 4.78 is 12.3. The number of rotatable bonds is 9. The number of aromatic carboxylic acids is 1. The van der Waals surface area contributed by atoms with Crippen molar-refractivity contribution in [1.29, 1.82) is 0 Å². The van der Waals surface area contributed by atoms with Gasteiger partial charge >= 0.3 is 5.97 Å². The number of methoxy groups -OCH3 is 1. The Balaban J connectivity index is 1.77. The van der Waals surface area contributed by atoms with Gasteiger partial charge in [0.2, 0.25) is 5.91 Å². The van der Waals surface area contributed by atoms with Crippen molar-refractivity contribution in [1.82, 2.24) is 19.8 Å². The van der Waals surface area contributed by atoms with Crippen molar-refractivity contribution in [3.63, 3.8) is 0 Å². The van der Waals surface area contributed by atoms with Crippen LogP contribution in [0.1, 0.15) is 16.2 Å². The van der Waals surface area contributed by atoms with E-state index in [1.54, 1.807) is 18.2 Å². The van der Waals surface area contributed by atoms with Gasteiger partial charge in [0.15, 0.2) is 0 Å². The molecule has 1 aromatic carbocycles. The highest BCUT2D eigenvalue weighted by Crippen LogP contribution is 2.19. The highest BCUT2D eigenvalue weighted by Gasteiger charge is 2.16. The van der Waals surface area contributed by atoms with Gasteiger partial charge in [-0.2, -0.15) is 0 Å². The molecule has 0 spiro atoms. The van der Waals surface area contributed by atoms with Crippen molar-refractivity contribution >= 4 is 22.9 Å². The Morgan fingerprint density at radius 1 is 1.29 bits per heavy atom. The van der Waals surface area contributed by atoms with Crippen LogP contribution >= 0.6 is 0 Å². The predicted octanol–water partition coefficient (Wildman–Crippen LogP) is 0.372. The molecule has 0 bridgehead atoms. The van der Waals surface area contributed by atoms with E-state index in [9.17, 15) is 14.7 Å². The molecule has 1 saturated heterocycles. The lowest BCUT2D eigenvalue weighted by Crippen LogP contribution is -2.38. The minimum atomic E-state index is -0.974. The number of nitrogens with one attached hydrogen (secondary N) is 1. The molecular formula is C19H26N4O5. The van der Waals surface area contributed by atoms with Crippen LogP contribution in [0.25, 0.3) is 11.0 Å². The van der Waals surface area contributed by atoms with E-state index >= 15 is 0 Å². The number of amides is 1. The zero-order valence-corrected chi connectivity index (χ0v) is 16.0. The molecule has 152 valence electrons. The fourth-order valence-electron chi connectivity index (χ4n) is 3.32. The molecule has 1 aliphatic heterocycles. The zero-order chi connectivity index (χ0) is 19.9. The van der Waals surface area contributed by atoms with Gasteiger partial charge < -0.3 is 24.5 Å². The molecule has 1 aromatic heterocycles. The molecule has 0 atom stereocenters. The number of nitrogens with zero attached hydrogens (tertiary/aromatic N) is 3. The monoisotopic (exact) mass is 390 g/mol. The standard InChI is InChI=1S/C19H26N4O5/c1-27-13-18(24)20-5-4-17-21-15-12-14(19(25)26)2-3-16(15)23(17)7-6-22-8-10-28-11-9-22/h2-3,12H,4-11,13H2,1H3,(H,20,24)(H,25,26). The summed E-state index contributed by atoms with van der Waals surface area (Å²) in [4.78, 5) is 29.8. The Labute approximate surface area is 163 Å². The van der Waals surface area contributed by atoms with Crippen LogP contribution in [0.2, 0.25) is 0 Å². The van der Waals surface area contributed by atoms with Crippen LogP contribution in [-0.4, -0.2) is 84.5 Å². The smallest absolute Gasteiger partial charge is 0.335 e. The van der Waals surface area contributed by atoms with E-state index < -0.39 is 5.97 Å². The average Bonchev–Trinajstić information content (AvgIpc) is 3.04. The molecule has 28 heavy (non-hydrogen) atoms. The summed E-state index contributed by atoms with van der Waals surface area (Å²) in [6.45, 7) is 5.35. The number of carbonyl (C=O) groups excluding carboxylic acids is 1. The second kappa shape index (κ2) is 9.63. The van der Waals surface area contributed by atoms with E-state index in [4.69, 9.17) is 9.47 Å². The first-order valence-corrected chi connectivity index (χ1v) is 9.36. The molecular weight excluding hydrogens is 364 g/mol. The lowest BCUT2D eigenvalue weighted by molar-refractivity contribution is -0.124. The zero-order valence-electron chi connectivity index (χ0n) is 16.0. The fourth-order valence-corrected chi connectivity index (χ4v) is 3.32. The summed E-state index contributed by atoms with van der Waals surface area (Å²) in [5, 5.41) is 12.0. The second-order valence-corrected chi connectivity index (χ2v) is 6.68. The van der Waals surface area contributed by atoms with Crippen LogP contribution < -0.4 is 5.32 Å². The van der Waals surface area contributed by atoms with Crippen LogP contribution in [0.5, 0.6) is 0 Å². The molecule has 9 heteroatoms. The summed E-state index contributed by atoms with van der Waals surface area (Å²) in [5.74, 6) is -0.326. The maximum Gasteiger partial charge on any atom is 0.335 e. The second-order valence-electron chi connectivity index (χ2n) is 6.68. The van der Waals surface area contributed by atoms with Crippen LogP contribution in [-0.2, 0) is 27.2 Å². The molecule has 0 unspecified atom stereocenters. The van der Waals surface area contributed by atoms with Gasteiger partial charge in [0.25, 0.3) is 0 Å². The van der Waals surface area contributed by atoms with E-state index in [0.29, 0.717) is 18.5 Å².